The summed E-state index contributed by atoms with van der Waals surface area (Å²) >= 11 is 3.49. The van der Waals surface area contributed by atoms with Gasteiger partial charge in [0.25, 0.3) is 0 Å². The summed E-state index contributed by atoms with van der Waals surface area (Å²) in [5.41, 5.74) is 1.36. The van der Waals surface area contributed by atoms with Gasteiger partial charge < -0.3 is 5.11 Å². The third kappa shape index (κ3) is 2.73. The summed E-state index contributed by atoms with van der Waals surface area (Å²) in [5.74, 6) is 1.87. The van der Waals surface area contributed by atoms with Crippen LogP contribution in [0.4, 0.5) is 0 Å². The van der Waals surface area contributed by atoms with Crippen molar-refractivity contribution in [3.8, 4) is 0 Å². The highest BCUT2D eigenvalue weighted by Crippen LogP contribution is 2.13. The summed E-state index contributed by atoms with van der Waals surface area (Å²) in [5, 5.41) is 12.7. The van der Waals surface area contributed by atoms with E-state index in [1.165, 1.54) is 5.56 Å². The van der Waals surface area contributed by atoms with Gasteiger partial charge in [-0.05, 0) is 22.4 Å². The number of thiophene rings is 1. The molecule has 0 aliphatic carbocycles. The van der Waals surface area contributed by atoms with Crippen LogP contribution >= 0.6 is 23.1 Å². The summed E-state index contributed by atoms with van der Waals surface area (Å²) in [6.07, 6.45) is 0. The van der Waals surface area contributed by atoms with Gasteiger partial charge in [0.1, 0.15) is 0 Å². The Balaban J connectivity index is 2.15. The zero-order valence-electron chi connectivity index (χ0n) is 5.62. The fourth-order valence-corrected chi connectivity index (χ4v) is 2.09. The molecule has 1 aromatic heterocycles. The van der Waals surface area contributed by atoms with E-state index in [1.807, 2.05) is 0 Å². The van der Waals surface area contributed by atoms with Gasteiger partial charge in [0, 0.05) is 11.5 Å². The predicted molar refractivity (Wildman–Crippen MR) is 47.6 cm³/mol. The summed E-state index contributed by atoms with van der Waals surface area (Å²) < 4.78 is 0. The molecule has 0 amide bonds. The SMILES string of the molecule is OCCSCc1ccsc1. The van der Waals surface area contributed by atoms with Crippen LogP contribution in [0.15, 0.2) is 16.8 Å². The molecule has 1 N–H and O–H groups in total. The van der Waals surface area contributed by atoms with E-state index in [9.17, 15) is 0 Å². The first-order valence-corrected chi connectivity index (χ1v) is 5.23. The van der Waals surface area contributed by atoms with Crippen molar-refractivity contribution < 1.29 is 5.11 Å². The van der Waals surface area contributed by atoms with Crippen molar-refractivity contribution in [1.82, 2.24) is 0 Å². The van der Waals surface area contributed by atoms with Gasteiger partial charge in [0.2, 0.25) is 0 Å². The second kappa shape index (κ2) is 4.77. The molecule has 0 spiro atoms. The smallest absolute Gasteiger partial charge is 0.0521 e. The van der Waals surface area contributed by atoms with Crippen molar-refractivity contribution in [1.29, 1.82) is 0 Å². The van der Waals surface area contributed by atoms with Gasteiger partial charge in [0.15, 0.2) is 0 Å². The number of rotatable bonds is 4. The van der Waals surface area contributed by atoms with Crippen molar-refractivity contribution in [3.63, 3.8) is 0 Å². The lowest BCUT2D eigenvalue weighted by molar-refractivity contribution is 0.322. The van der Waals surface area contributed by atoms with Crippen molar-refractivity contribution in [2.45, 2.75) is 5.75 Å². The first-order chi connectivity index (χ1) is 4.93. The summed E-state index contributed by atoms with van der Waals surface area (Å²) in [6.45, 7) is 0.287. The Labute approximate surface area is 69.1 Å². The number of hydrogen-bond acceptors (Lipinski definition) is 3. The van der Waals surface area contributed by atoms with E-state index in [0.717, 1.165) is 11.5 Å². The quantitative estimate of drug-likeness (QED) is 0.704. The van der Waals surface area contributed by atoms with E-state index in [-0.39, 0.29) is 6.61 Å². The molecule has 0 atom stereocenters. The maximum atomic E-state index is 8.48. The lowest BCUT2D eigenvalue weighted by atomic mass is 10.4. The van der Waals surface area contributed by atoms with Gasteiger partial charge in [-0.15, -0.1) is 0 Å². The first-order valence-electron chi connectivity index (χ1n) is 3.13. The predicted octanol–water partition coefficient (Wildman–Crippen LogP) is 1.97. The van der Waals surface area contributed by atoms with Crippen molar-refractivity contribution in [3.05, 3.63) is 22.4 Å². The lowest BCUT2D eigenvalue weighted by Crippen LogP contribution is -1.85. The Morgan fingerprint density at radius 3 is 3.10 bits per heavy atom. The molecular weight excluding hydrogens is 164 g/mol. The standard InChI is InChI=1S/C7H10OS2/c8-2-4-10-6-7-1-3-9-5-7/h1,3,5,8H,2,4,6H2. The van der Waals surface area contributed by atoms with Crippen molar-refractivity contribution in [2.75, 3.05) is 12.4 Å². The molecule has 1 aromatic rings. The maximum absolute atomic E-state index is 8.48. The van der Waals surface area contributed by atoms with Crippen LogP contribution in [0.25, 0.3) is 0 Å². The van der Waals surface area contributed by atoms with Gasteiger partial charge >= 0.3 is 0 Å². The number of aliphatic hydroxyl groups excluding tert-OH is 1. The summed E-state index contributed by atoms with van der Waals surface area (Å²) in [4.78, 5) is 0. The zero-order valence-corrected chi connectivity index (χ0v) is 7.25. The zero-order chi connectivity index (χ0) is 7.23. The van der Waals surface area contributed by atoms with Crippen LogP contribution in [-0.2, 0) is 5.75 Å². The molecule has 0 aliphatic heterocycles. The Morgan fingerprint density at radius 2 is 2.50 bits per heavy atom. The van der Waals surface area contributed by atoms with Gasteiger partial charge in [-0.25, -0.2) is 0 Å². The molecule has 0 bridgehead atoms. The third-order valence-electron chi connectivity index (χ3n) is 1.08. The van der Waals surface area contributed by atoms with Crippen LogP contribution in [0.2, 0.25) is 0 Å². The van der Waals surface area contributed by atoms with Crippen LogP contribution in [0, 0.1) is 0 Å². The van der Waals surface area contributed by atoms with E-state index in [2.05, 4.69) is 16.8 Å². The van der Waals surface area contributed by atoms with Crippen molar-refractivity contribution in [2.24, 2.45) is 0 Å². The van der Waals surface area contributed by atoms with Crippen LogP contribution in [0.1, 0.15) is 5.56 Å². The highest BCUT2D eigenvalue weighted by Gasteiger charge is 1.91. The van der Waals surface area contributed by atoms with E-state index in [0.29, 0.717) is 0 Å². The fourth-order valence-electron chi connectivity index (χ4n) is 0.629. The van der Waals surface area contributed by atoms with Gasteiger partial charge in [0.05, 0.1) is 6.61 Å². The molecule has 3 heteroatoms. The van der Waals surface area contributed by atoms with Gasteiger partial charge in [-0.2, -0.15) is 23.1 Å². The Bertz CT molecular complexity index is 160. The van der Waals surface area contributed by atoms with Crippen molar-refractivity contribution >= 4 is 23.1 Å². The molecule has 0 unspecified atom stereocenters. The monoisotopic (exact) mass is 174 g/mol. The normalized spacial score (nSPS) is 10.1. The molecule has 1 nitrogen and oxygen atoms in total. The Morgan fingerprint density at radius 1 is 1.60 bits per heavy atom. The van der Waals surface area contributed by atoms with Crippen LogP contribution in [0.3, 0.4) is 0 Å². The lowest BCUT2D eigenvalue weighted by Gasteiger charge is -1.93. The van der Waals surface area contributed by atoms with E-state index < -0.39 is 0 Å². The maximum Gasteiger partial charge on any atom is 0.0521 e. The molecule has 1 heterocycles. The topological polar surface area (TPSA) is 20.2 Å². The average Bonchev–Trinajstić information content (AvgIpc) is 2.41. The fraction of sp³-hybridized carbons (Fsp3) is 0.429. The Kier molecular flexibility index (Phi) is 3.87. The molecule has 56 valence electrons. The number of thioether (sulfide) groups is 1. The molecule has 0 fully saturated rings. The minimum Gasteiger partial charge on any atom is -0.396 e. The third-order valence-corrected chi connectivity index (χ3v) is 2.83. The molecule has 0 saturated heterocycles. The molecule has 1 rings (SSSR count). The highest BCUT2D eigenvalue weighted by atomic mass is 32.2. The van der Waals surface area contributed by atoms with Crippen LogP contribution in [0.5, 0.6) is 0 Å². The summed E-state index contributed by atoms with van der Waals surface area (Å²) in [7, 11) is 0. The molecule has 0 radical (unpaired) electrons. The van der Waals surface area contributed by atoms with E-state index in [4.69, 9.17) is 5.11 Å². The minimum absolute atomic E-state index is 0.287. The number of aliphatic hydroxyl groups is 1. The molecular formula is C7H10OS2. The second-order valence-corrected chi connectivity index (χ2v) is 3.79. The van der Waals surface area contributed by atoms with Gasteiger partial charge in [-0.1, -0.05) is 0 Å². The highest BCUT2D eigenvalue weighted by molar-refractivity contribution is 7.98. The first kappa shape index (κ1) is 8.11. The molecule has 0 saturated carbocycles. The molecule has 0 aromatic carbocycles. The Hall–Kier alpha value is 0.01000. The van der Waals surface area contributed by atoms with E-state index >= 15 is 0 Å². The molecule has 10 heavy (non-hydrogen) atoms. The van der Waals surface area contributed by atoms with Gasteiger partial charge in [-0.3, -0.25) is 0 Å². The largest absolute Gasteiger partial charge is 0.396 e. The molecule has 0 aliphatic rings. The average molecular weight is 174 g/mol. The number of hydrogen-bond donors (Lipinski definition) is 1. The van der Waals surface area contributed by atoms with Crippen LogP contribution in [-0.4, -0.2) is 17.5 Å². The second-order valence-electron chi connectivity index (χ2n) is 1.91. The minimum atomic E-state index is 0.287. The van der Waals surface area contributed by atoms with Crippen LogP contribution < -0.4 is 0 Å². The summed E-state index contributed by atoms with van der Waals surface area (Å²) in [6, 6.07) is 2.12. The van der Waals surface area contributed by atoms with E-state index in [1.54, 1.807) is 23.1 Å².